The number of hydrogen-bond acceptors (Lipinski definition) is 6. The largest absolute Gasteiger partial charge is 0.345 e. The van der Waals surface area contributed by atoms with Crippen molar-refractivity contribution >= 4 is 37.0 Å². The minimum absolute atomic E-state index is 0.0715. The van der Waals surface area contributed by atoms with Gasteiger partial charge in [-0.3, -0.25) is 4.79 Å². The summed E-state index contributed by atoms with van der Waals surface area (Å²) in [6, 6.07) is 9.00. The van der Waals surface area contributed by atoms with Crippen LogP contribution in [0.25, 0.3) is 11.0 Å². The van der Waals surface area contributed by atoms with Crippen molar-refractivity contribution in [1.29, 1.82) is 0 Å². The highest BCUT2D eigenvalue weighted by atomic mass is 32.2. The molecule has 0 unspecified atom stereocenters. The summed E-state index contributed by atoms with van der Waals surface area (Å²) in [5.74, 6) is 1.82. The lowest BCUT2D eigenvalue weighted by Gasteiger charge is -2.34. The molecular formula is C21H21N5O5S2. The first-order valence-corrected chi connectivity index (χ1v) is 12.9. The van der Waals surface area contributed by atoms with E-state index in [1.807, 2.05) is 0 Å². The molecule has 0 radical (unpaired) electrons. The summed E-state index contributed by atoms with van der Waals surface area (Å²) in [5.41, 5.74) is 0.675. The lowest BCUT2D eigenvalue weighted by atomic mass is 10.2. The number of piperazine rings is 1. The number of pyridine rings is 1. The van der Waals surface area contributed by atoms with E-state index in [9.17, 15) is 21.6 Å². The quantitative estimate of drug-likeness (QED) is 0.490. The number of sulfonamides is 2. The van der Waals surface area contributed by atoms with Gasteiger partial charge in [-0.1, -0.05) is 12.0 Å². The molecule has 2 aromatic heterocycles. The van der Waals surface area contributed by atoms with Gasteiger partial charge in [0.1, 0.15) is 10.5 Å². The van der Waals surface area contributed by atoms with Gasteiger partial charge in [0.05, 0.1) is 11.4 Å². The van der Waals surface area contributed by atoms with Gasteiger partial charge in [-0.25, -0.2) is 21.8 Å². The number of H-pyrrole nitrogens is 1. The first-order valence-electron chi connectivity index (χ1n) is 9.99. The second-order valence-corrected chi connectivity index (χ2v) is 11.0. The molecule has 0 atom stereocenters. The van der Waals surface area contributed by atoms with Gasteiger partial charge in [-0.2, -0.15) is 9.03 Å². The smallest absolute Gasteiger partial charge is 0.253 e. The van der Waals surface area contributed by atoms with Gasteiger partial charge in [0.15, 0.2) is 0 Å². The molecule has 1 amide bonds. The maximum absolute atomic E-state index is 13.1. The molecule has 12 heteroatoms. The minimum Gasteiger partial charge on any atom is -0.345 e. The van der Waals surface area contributed by atoms with Crippen LogP contribution in [-0.2, 0) is 20.0 Å². The highest BCUT2D eigenvalue weighted by Crippen LogP contribution is 2.25. The third-order valence-electron chi connectivity index (χ3n) is 5.31. The summed E-state index contributed by atoms with van der Waals surface area (Å²) in [5, 5.41) is 0.507. The van der Waals surface area contributed by atoms with E-state index in [0.29, 0.717) is 11.0 Å². The summed E-state index contributed by atoms with van der Waals surface area (Å²) in [6.07, 6.45) is 8.10. The third-order valence-corrected chi connectivity index (χ3v) is 8.65. The molecule has 0 saturated carbocycles. The molecule has 1 aliphatic rings. The van der Waals surface area contributed by atoms with E-state index in [1.54, 1.807) is 18.3 Å². The highest BCUT2D eigenvalue weighted by molar-refractivity contribution is 7.89. The molecule has 3 heterocycles. The van der Waals surface area contributed by atoms with Crippen molar-refractivity contribution in [2.45, 2.75) is 9.79 Å². The highest BCUT2D eigenvalue weighted by Gasteiger charge is 2.32. The van der Waals surface area contributed by atoms with Crippen LogP contribution in [-0.4, -0.2) is 74.6 Å². The normalized spacial score (nSPS) is 15.4. The lowest BCUT2D eigenvalue weighted by Crippen LogP contribution is -2.50. The Morgan fingerprint density at radius 1 is 1.12 bits per heavy atom. The second kappa shape index (κ2) is 8.95. The van der Waals surface area contributed by atoms with Crippen molar-refractivity contribution in [3.8, 4) is 12.3 Å². The number of terminal acetylenes is 1. The van der Waals surface area contributed by atoms with E-state index < -0.39 is 20.0 Å². The van der Waals surface area contributed by atoms with Crippen molar-refractivity contribution < 1.29 is 21.6 Å². The minimum atomic E-state index is -3.84. The molecule has 10 nitrogen and oxygen atoms in total. The number of aromatic amines is 1. The van der Waals surface area contributed by atoms with Crippen molar-refractivity contribution in [3.63, 3.8) is 0 Å². The van der Waals surface area contributed by atoms with Crippen LogP contribution < -0.4 is 4.72 Å². The molecule has 4 rings (SSSR count). The van der Waals surface area contributed by atoms with Gasteiger partial charge in [-0.15, -0.1) is 6.42 Å². The van der Waals surface area contributed by atoms with E-state index in [4.69, 9.17) is 6.42 Å². The zero-order valence-corrected chi connectivity index (χ0v) is 19.1. The zero-order chi connectivity index (χ0) is 23.6. The predicted molar refractivity (Wildman–Crippen MR) is 121 cm³/mol. The number of fused-ring (bicyclic) bond motifs is 1. The SMILES string of the molecule is C#CCNS(=O)(=O)c1cccc(C(=O)N2CCN(S(=O)(=O)c3c[nH]c4ncccc34)CC2)c1. The average molecular weight is 488 g/mol. The lowest BCUT2D eigenvalue weighted by molar-refractivity contribution is 0.0697. The Morgan fingerprint density at radius 3 is 2.61 bits per heavy atom. The number of aromatic nitrogens is 2. The van der Waals surface area contributed by atoms with E-state index in [-0.39, 0.29) is 54.0 Å². The van der Waals surface area contributed by atoms with Crippen molar-refractivity contribution in [2.75, 3.05) is 32.7 Å². The van der Waals surface area contributed by atoms with Gasteiger partial charge in [0.25, 0.3) is 5.91 Å². The Bertz CT molecular complexity index is 1450. The molecule has 1 aliphatic heterocycles. The molecule has 2 N–H and O–H groups in total. The Kier molecular flexibility index (Phi) is 6.22. The van der Waals surface area contributed by atoms with Gasteiger partial charge in [0, 0.05) is 49.5 Å². The van der Waals surface area contributed by atoms with E-state index >= 15 is 0 Å². The maximum Gasteiger partial charge on any atom is 0.253 e. The zero-order valence-electron chi connectivity index (χ0n) is 17.4. The Hall–Kier alpha value is -3.24. The molecule has 3 aromatic rings. The number of benzene rings is 1. The summed E-state index contributed by atoms with van der Waals surface area (Å²) in [6.45, 7) is 0.408. The number of nitrogens with one attached hydrogen (secondary N) is 2. The van der Waals surface area contributed by atoms with Crippen LogP contribution in [0.3, 0.4) is 0 Å². The van der Waals surface area contributed by atoms with Crippen molar-refractivity contribution in [1.82, 2.24) is 23.9 Å². The fourth-order valence-electron chi connectivity index (χ4n) is 3.61. The molecule has 0 spiro atoms. The number of nitrogens with zero attached hydrogens (tertiary/aromatic N) is 3. The van der Waals surface area contributed by atoms with E-state index in [2.05, 4.69) is 20.6 Å². The molecule has 1 aromatic carbocycles. The van der Waals surface area contributed by atoms with Crippen molar-refractivity contribution in [2.24, 2.45) is 0 Å². The van der Waals surface area contributed by atoms with Gasteiger partial charge < -0.3 is 9.88 Å². The number of hydrogen-bond donors (Lipinski definition) is 2. The van der Waals surface area contributed by atoms with Crippen LogP contribution >= 0.6 is 0 Å². The number of carbonyl (C=O) groups is 1. The molecule has 1 saturated heterocycles. The Labute approximate surface area is 191 Å². The van der Waals surface area contributed by atoms with Gasteiger partial charge in [0.2, 0.25) is 20.0 Å². The standard InChI is InChI=1S/C21H21N5O5S2/c1-2-8-24-32(28,29)17-6-3-5-16(14-17)21(27)25-10-12-26(13-11-25)33(30,31)19-15-23-20-18(19)7-4-9-22-20/h1,3-7,9,14-15,24H,8,10-13H2,(H,22,23). The fraction of sp³-hybridized carbons (Fsp3) is 0.238. The first kappa shape index (κ1) is 22.9. The molecule has 0 bridgehead atoms. The van der Waals surface area contributed by atoms with E-state index in [1.165, 1.54) is 39.7 Å². The fourth-order valence-corrected chi connectivity index (χ4v) is 6.17. The molecular weight excluding hydrogens is 466 g/mol. The number of amides is 1. The number of carbonyl (C=O) groups excluding carboxylic acids is 1. The van der Waals surface area contributed by atoms with E-state index in [0.717, 1.165) is 0 Å². The summed E-state index contributed by atoms with van der Waals surface area (Å²) in [4.78, 5) is 21.5. The maximum atomic E-state index is 13.1. The van der Waals surface area contributed by atoms with Crippen LogP contribution in [0.5, 0.6) is 0 Å². The molecule has 0 aliphatic carbocycles. The van der Waals surface area contributed by atoms with Crippen LogP contribution in [0.15, 0.2) is 58.6 Å². The molecule has 33 heavy (non-hydrogen) atoms. The summed E-state index contributed by atoms with van der Waals surface area (Å²) in [7, 11) is -7.61. The van der Waals surface area contributed by atoms with Crippen LogP contribution in [0.4, 0.5) is 0 Å². The first-order chi connectivity index (χ1) is 15.7. The average Bonchev–Trinajstić information content (AvgIpc) is 3.28. The van der Waals surface area contributed by atoms with Crippen molar-refractivity contribution in [3.05, 3.63) is 54.4 Å². The predicted octanol–water partition coefficient (Wildman–Crippen LogP) is 0.621. The Balaban J connectivity index is 1.48. The summed E-state index contributed by atoms with van der Waals surface area (Å²) >= 11 is 0. The second-order valence-electron chi connectivity index (χ2n) is 7.31. The van der Waals surface area contributed by atoms with Crippen LogP contribution in [0, 0.1) is 12.3 Å². The van der Waals surface area contributed by atoms with Crippen LogP contribution in [0.2, 0.25) is 0 Å². The topological polar surface area (TPSA) is 133 Å². The molecule has 172 valence electrons. The van der Waals surface area contributed by atoms with Gasteiger partial charge in [-0.05, 0) is 30.3 Å². The molecule has 1 fully saturated rings. The number of rotatable bonds is 6. The Morgan fingerprint density at radius 2 is 1.88 bits per heavy atom. The summed E-state index contributed by atoms with van der Waals surface area (Å²) < 4.78 is 54.4. The van der Waals surface area contributed by atoms with Crippen LogP contribution in [0.1, 0.15) is 10.4 Å². The van der Waals surface area contributed by atoms with Gasteiger partial charge >= 0.3 is 0 Å². The third kappa shape index (κ3) is 4.49. The monoisotopic (exact) mass is 487 g/mol.